The normalized spacial score (nSPS) is 17.5. The van der Waals surface area contributed by atoms with Crippen molar-refractivity contribution in [3.05, 3.63) is 71.3 Å². The molecule has 3 heteroatoms. The molecule has 0 unspecified atom stereocenters. The minimum atomic E-state index is -0.476. The highest BCUT2D eigenvalue weighted by Gasteiger charge is 2.31. The average Bonchev–Trinajstić information content (AvgIpc) is 2.53. The monoisotopic (exact) mass is 309 g/mol. The summed E-state index contributed by atoms with van der Waals surface area (Å²) in [6, 6.07) is 18.7. The van der Waals surface area contributed by atoms with Crippen LogP contribution >= 0.6 is 0 Å². The number of hydrogen-bond acceptors (Lipinski definition) is 2. The Morgan fingerprint density at radius 2 is 1.70 bits per heavy atom. The van der Waals surface area contributed by atoms with E-state index in [-0.39, 0.29) is 12.0 Å². The number of benzene rings is 2. The summed E-state index contributed by atoms with van der Waals surface area (Å²) in [6.07, 6.45) is -0.243. The van der Waals surface area contributed by atoms with Gasteiger partial charge in [0.1, 0.15) is 5.60 Å². The van der Waals surface area contributed by atoms with Crippen LogP contribution in [0.2, 0.25) is 0 Å². The third kappa shape index (κ3) is 3.55. The first-order valence-electron chi connectivity index (χ1n) is 8.05. The first-order chi connectivity index (χ1) is 10.9. The molecule has 2 aromatic carbocycles. The first kappa shape index (κ1) is 15.6. The zero-order valence-electron chi connectivity index (χ0n) is 14.0. The summed E-state index contributed by atoms with van der Waals surface area (Å²) in [5.41, 5.74) is 3.25. The molecule has 1 heterocycles. The predicted molar refractivity (Wildman–Crippen MR) is 91.4 cm³/mol. The van der Waals surface area contributed by atoms with Gasteiger partial charge in [-0.2, -0.15) is 0 Å². The highest BCUT2D eigenvalue weighted by Crippen LogP contribution is 2.33. The maximum Gasteiger partial charge on any atom is 0.410 e. The Labute approximate surface area is 137 Å². The minimum absolute atomic E-state index is 0.189. The lowest BCUT2D eigenvalue weighted by atomic mass is 9.85. The number of fused-ring (bicyclic) bond motifs is 1. The van der Waals surface area contributed by atoms with Crippen LogP contribution in [0.3, 0.4) is 0 Å². The van der Waals surface area contributed by atoms with Crippen LogP contribution in [0.1, 0.15) is 43.4 Å². The summed E-state index contributed by atoms with van der Waals surface area (Å²) in [7, 11) is 0. The summed E-state index contributed by atoms with van der Waals surface area (Å²) < 4.78 is 5.56. The molecule has 0 radical (unpaired) electrons. The van der Waals surface area contributed by atoms with Crippen molar-refractivity contribution in [1.82, 2.24) is 4.90 Å². The second kappa shape index (κ2) is 6.07. The van der Waals surface area contributed by atoms with Crippen LogP contribution in [0.25, 0.3) is 0 Å². The largest absolute Gasteiger partial charge is 0.444 e. The molecule has 0 saturated heterocycles. The second-order valence-corrected chi connectivity index (χ2v) is 7.02. The van der Waals surface area contributed by atoms with Crippen molar-refractivity contribution in [3.63, 3.8) is 0 Å². The Morgan fingerprint density at radius 1 is 1.04 bits per heavy atom. The number of carbonyl (C=O) groups excluding carboxylic acids is 1. The van der Waals surface area contributed by atoms with Gasteiger partial charge in [0.05, 0.1) is 0 Å². The number of carbonyl (C=O) groups is 1. The van der Waals surface area contributed by atoms with Gasteiger partial charge in [0.2, 0.25) is 0 Å². The zero-order valence-corrected chi connectivity index (χ0v) is 14.0. The van der Waals surface area contributed by atoms with Crippen molar-refractivity contribution in [2.45, 2.75) is 38.8 Å². The second-order valence-electron chi connectivity index (χ2n) is 7.02. The lowest BCUT2D eigenvalue weighted by Gasteiger charge is -2.36. The Kier molecular flexibility index (Phi) is 4.12. The van der Waals surface area contributed by atoms with Crippen LogP contribution in [-0.4, -0.2) is 23.1 Å². The zero-order chi connectivity index (χ0) is 16.4. The van der Waals surface area contributed by atoms with Gasteiger partial charge < -0.3 is 9.64 Å². The lowest BCUT2D eigenvalue weighted by molar-refractivity contribution is 0.0213. The highest BCUT2D eigenvalue weighted by atomic mass is 16.6. The van der Waals surface area contributed by atoms with Gasteiger partial charge in [-0.05, 0) is 37.5 Å². The first-order valence-corrected chi connectivity index (χ1v) is 8.05. The summed E-state index contributed by atoms with van der Waals surface area (Å²) in [4.78, 5) is 14.3. The van der Waals surface area contributed by atoms with Crippen molar-refractivity contribution in [2.24, 2.45) is 0 Å². The fraction of sp³-hybridized carbons (Fsp3) is 0.350. The van der Waals surface area contributed by atoms with E-state index >= 15 is 0 Å². The third-order valence-corrected chi connectivity index (χ3v) is 4.05. The molecule has 3 rings (SSSR count). The van der Waals surface area contributed by atoms with Crippen LogP contribution in [0.4, 0.5) is 4.79 Å². The van der Waals surface area contributed by atoms with Gasteiger partial charge in [0, 0.05) is 19.0 Å². The number of rotatable bonds is 1. The van der Waals surface area contributed by atoms with Crippen molar-refractivity contribution in [3.8, 4) is 0 Å². The molecule has 1 aliphatic rings. The van der Waals surface area contributed by atoms with Crippen LogP contribution < -0.4 is 0 Å². The quantitative estimate of drug-likeness (QED) is 0.772. The molecule has 0 bridgehead atoms. The van der Waals surface area contributed by atoms with Gasteiger partial charge in [-0.25, -0.2) is 4.79 Å². The fourth-order valence-electron chi connectivity index (χ4n) is 3.04. The third-order valence-electron chi connectivity index (χ3n) is 4.05. The maximum absolute atomic E-state index is 12.5. The molecule has 2 aromatic rings. The SMILES string of the molecule is CC(C)(C)OC(=O)N1Cc2ccccc2[C@H](c2ccccc2)C1. The van der Waals surface area contributed by atoms with Crippen molar-refractivity contribution < 1.29 is 9.53 Å². The van der Waals surface area contributed by atoms with Gasteiger partial charge in [0.15, 0.2) is 0 Å². The van der Waals surface area contributed by atoms with E-state index in [1.807, 2.05) is 49.9 Å². The number of amides is 1. The predicted octanol–water partition coefficient (Wildman–Crippen LogP) is 4.57. The fourth-order valence-corrected chi connectivity index (χ4v) is 3.04. The molecule has 3 nitrogen and oxygen atoms in total. The Balaban J connectivity index is 1.92. The van der Waals surface area contributed by atoms with E-state index in [9.17, 15) is 4.79 Å². The van der Waals surface area contributed by atoms with Gasteiger partial charge in [0.25, 0.3) is 0 Å². The summed E-state index contributed by atoms with van der Waals surface area (Å²) in [6.45, 7) is 6.96. The molecule has 120 valence electrons. The van der Waals surface area contributed by atoms with E-state index in [4.69, 9.17) is 4.74 Å². The van der Waals surface area contributed by atoms with Crippen LogP contribution in [0.15, 0.2) is 54.6 Å². The Morgan fingerprint density at radius 3 is 2.39 bits per heavy atom. The molecule has 1 aliphatic heterocycles. The number of ether oxygens (including phenoxy) is 1. The van der Waals surface area contributed by atoms with E-state index in [1.165, 1.54) is 16.7 Å². The molecule has 0 saturated carbocycles. The van der Waals surface area contributed by atoms with Gasteiger partial charge in [-0.1, -0.05) is 54.6 Å². The molecular formula is C20H23NO2. The van der Waals surface area contributed by atoms with Gasteiger partial charge in [-0.3, -0.25) is 0 Å². The van der Waals surface area contributed by atoms with E-state index < -0.39 is 5.60 Å². The highest BCUT2D eigenvalue weighted by molar-refractivity contribution is 5.69. The minimum Gasteiger partial charge on any atom is -0.444 e. The number of hydrogen-bond donors (Lipinski definition) is 0. The molecule has 0 aromatic heterocycles. The van der Waals surface area contributed by atoms with Crippen molar-refractivity contribution >= 4 is 6.09 Å². The molecule has 0 fully saturated rings. The summed E-state index contributed by atoms with van der Waals surface area (Å²) >= 11 is 0. The molecule has 0 N–H and O–H groups in total. The average molecular weight is 309 g/mol. The number of nitrogens with zero attached hydrogens (tertiary/aromatic N) is 1. The summed E-state index contributed by atoms with van der Waals surface area (Å²) in [5.74, 6) is 0.189. The molecule has 0 aliphatic carbocycles. The van der Waals surface area contributed by atoms with Crippen molar-refractivity contribution in [1.29, 1.82) is 0 Å². The van der Waals surface area contributed by atoms with Crippen LogP contribution in [0.5, 0.6) is 0 Å². The summed E-state index contributed by atoms with van der Waals surface area (Å²) in [5, 5.41) is 0. The smallest absolute Gasteiger partial charge is 0.410 e. The van der Waals surface area contributed by atoms with E-state index in [0.29, 0.717) is 13.1 Å². The van der Waals surface area contributed by atoms with Crippen molar-refractivity contribution in [2.75, 3.05) is 6.54 Å². The van der Waals surface area contributed by atoms with Gasteiger partial charge in [-0.15, -0.1) is 0 Å². The van der Waals surface area contributed by atoms with Gasteiger partial charge >= 0.3 is 6.09 Å². The van der Waals surface area contributed by atoms with Crippen LogP contribution in [0, 0.1) is 0 Å². The molecule has 23 heavy (non-hydrogen) atoms. The Hall–Kier alpha value is -2.29. The standard InChI is InChI=1S/C20H23NO2/c1-20(2,3)23-19(22)21-13-16-11-7-8-12-17(16)18(14-21)15-9-5-4-6-10-15/h4-12,18H,13-14H2,1-3H3/t18-/m0/s1. The molecular weight excluding hydrogens is 286 g/mol. The van der Waals surface area contributed by atoms with E-state index in [0.717, 1.165) is 0 Å². The topological polar surface area (TPSA) is 29.5 Å². The van der Waals surface area contributed by atoms with E-state index in [2.05, 4.69) is 30.3 Å². The molecule has 0 spiro atoms. The maximum atomic E-state index is 12.5. The lowest BCUT2D eigenvalue weighted by Crippen LogP contribution is -2.41. The Bertz CT molecular complexity index is 688. The molecule has 1 atom stereocenters. The van der Waals surface area contributed by atoms with Crippen LogP contribution in [-0.2, 0) is 11.3 Å². The van der Waals surface area contributed by atoms with E-state index in [1.54, 1.807) is 0 Å². The molecule has 1 amide bonds.